The average Bonchev–Trinajstić information content (AvgIpc) is 2.93. The smallest absolute Gasteiger partial charge is 0.0994 e. The van der Waals surface area contributed by atoms with Gasteiger partial charge in [-0.05, 0) is 11.6 Å². The Morgan fingerprint density at radius 1 is 1.43 bits per heavy atom. The number of amidine groups is 1. The largest absolute Gasteiger partial charge is 0.387 e. The fraction of sp³-hybridized carbons (Fsp3) is 0.312. The molecule has 2 aromatic rings. The van der Waals surface area contributed by atoms with Crippen LogP contribution in [0.2, 0.25) is 0 Å². The lowest BCUT2D eigenvalue weighted by Gasteiger charge is -2.23. The van der Waals surface area contributed by atoms with Crippen molar-refractivity contribution in [1.82, 2.24) is 9.55 Å². The minimum absolute atomic E-state index is 0.0422. The third kappa shape index (κ3) is 2.95. The molecule has 0 fully saturated rings. The topological polar surface area (TPSA) is 80.0 Å². The van der Waals surface area contributed by atoms with Crippen molar-refractivity contribution in [3.63, 3.8) is 0 Å². The van der Waals surface area contributed by atoms with Gasteiger partial charge in [0.15, 0.2) is 0 Å². The number of aromatic nitrogens is 2. The van der Waals surface area contributed by atoms with Crippen LogP contribution in [0.5, 0.6) is 0 Å². The van der Waals surface area contributed by atoms with Crippen molar-refractivity contribution in [2.24, 2.45) is 23.7 Å². The van der Waals surface area contributed by atoms with Crippen molar-refractivity contribution in [1.29, 1.82) is 5.26 Å². The molecule has 2 atom stereocenters. The molecular weight excluding hydrogens is 262 g/mol. The first-order valence-electron chi connectivity index (χ1n) is 6.77. The quantitative estimate of drug-likeness (QED) is 0.688. The van der Waals surface area contributed by atoms with Crippen LogP contribution >= 0.6 is 0 Å². The van der Waals surface area contributed by atoms with E-state index < -0.39 is 0 Å². The van der Waals surface area contributed by atoms with E-state index in [-0.39, 0.29) is 11.8 Å². The number of nitriles is 1. The fourth-order valence-corrected chi connectivity index (χ4v) is 2.52. The average molecular weight is 281 g/mol. The summed E-state index contributed by atoms with van der Waals surface area (Å²) in [5, 5.41) is 9.36. The van der Waals surface area contributed by atoms with Crippen LogP contribution in [-0.2, 0) is 7.05 Å². The summed E-state index contributed by atoms with van der Waals surface area (Å²) in [6, 6.07) is 9.81. The van der Waals surface area contributed by atoms with Gasteiger partial charge in [-0.1, -0.05) is 25.1 Å². The Balaban J connectivity index is 2.59. The Morgan fingerprint density at radius 3 is 2.71 bits per heavy atom. The molecule has 2 rings (SSSR count). The van der Waals surface area contributed by atoms with E-state index >= 15 is 0 Å². The van der Waals surface area contributed by atoms with Crippen molar-refractivity contribution in [3.05, 3.63) is 53.6 Å². The minimum Gasteiger partial charge on any atom is -0.387 e. The lowest BCUT2D eigenvalue weighted by molar-refractivity contribution is 0.637. The van der Waals surface area contributed by atoms with Crippen molar-refractivity contribution in [2.75, 3.05) is 7.05 Å². The van der Waals surface area contributed by atoms with Gasteiger partial charge in [0, 0.05) is 32.1 Å². The van der Waals surface area contributed by atoms with Gasteiger partial charge in [0.05, 0.1) is 29.5 Å². The number of rotatable bonds is 4. The number of nitrogens with zero attached hydrogens (tertiary/aromatic N) is 4. The van der Waals surface area contributed by atoms with Gasteiger partial charge in [0.2, 0.25) is 0 Å². The summed E-state index contributed by atoms with van der Waals surface area (Å²) in [6.07, 6.45) is 3.71. The van der Waals surface area contributed by atoms with E-state index in [1.165, 1.54) is 0 Å². The highest BCUT2D eigenvalue weighted by molar-refractivity contribution is 5.84. The van der Waals surface area contributed by atoms with Gasteiger partial charge >= 0.3 is 0 Å². The second kappa shape index (κ2) is 6.23. The molecule has 0 bridgehead atoms. The van der Waals surface area contributed by atoms with E-state index in [2.05, 4.69) is 16.0 Å². The number of imidazole rings is 1. The zero-order valence-electron chi connectivity index (χ0n) is 12.5. The third-order valence-corrected chi connectivity index (χ3v) is 3.68. The highest BCUT2D eigenvalue weighted by Gasteiger charge is 2.27. The Morgan fingerprint density at radius 2 is 2.14 bits per heavy atom. The van der Waals surface area contributed by atoms with Gasteiger partial charge in [0.1, 0.15) is 0 Å². The van der Waals surface area contributed by atoms with Gasteiger partial charge in [-0.3, -0.25) is 4.99 Å². The van der Waals surface area contributed by atoms with Gasteiger partial charge in [-0.25, -0.2) is 4.98 Å². The number of aliphatic imine (C=N–C) groups is 1. The summed E-state index contributed by atoms with van der Waals surface area (Å²) in [4.78, 5) is 8.55. The van der Waals surface area contributed by atoms with Gasteiger partial charge in [-0.2, -0.15) is 5.26 Å². The molecule has 0 amide bonds. The highest BCUT2D eigenvalue weighted by Crippen LogP contribution is 2.33. The Bertz CT molecular complexity index is 693. The Hall–Kier alpha value is -2.61. The predicted octanol–water partition coefficient (Wildman–Crippen LogP) is 2.05. The summed E-state index contributed by atoms with van der Waals surface area (Å²) in [5.41, 5.74) is 8.48. The van der Waals surface area contributed by atoms with Crippen LogP contribution in [0.1, 0.15) is 29.7 Å². The van der Waals surface area contributed by atoms with Crippen LogP contribution in [0.4, 0.5) is 0 Å². The molecule has 0 aliphatic carbocycles. The molecule has 2 unspecified atom stereocenters. The molecule has 2 N–H and O–H groups in total. The normalized spacial score (nSPS) is 14.5. The van der Waals surface area contributed by atoms with Gasteiger partial charge in [0.25, 0.3) is 0 Å². The summed E-state index contributed by atoms with van der Waals surface area (Å²) < 4.78 is 1.89. The molecule has 0 aliphatic rings. The maximum absolute atomic E-state index is 9.36. The van der Waals surface area contributed by atoms with Crippen LogP contribution in [0.15, 0.2) is 41.8 Å². The number of benzene rings is 1. The number of hydrogen-bond donors (Lipinski definition) is 1. The van der Waals surface area contributed by atoms with Crippen LogP contribution in [0.3, 0.4) is 0 Å². The first kappa shape index (κ1) is 14.8. The second-order valence-corrected chi connectivity index (χ2v) is 5.08. The molecule has 0 radical (unpaired) electrons. The molecular formula is C16H19N5. The molecule has 1 heterocycles. The van der Waals surface area contributed by atoms with Gasteiger partial charge in [-0.15, -0.1) is 0 Å². The standard InChI is InChI=1S/C16H19N5/c1-11(16(18)19-2)15(14-9-21(3)10-20-14)13-7-5-4-6-12(13)8-17/h4-7,9-11,15H,1-3H3,(H2,18,19). The maximum atomic E-state index is 9.36. The van der Waals surface area contributed by atoms with E-state index in [1.807, 2.05) is 49.0 Å². The summed E-state index contributed by atoms with van der Waals surface area (Å²) in [6.45, 7) is 2.01. The molecule has 1 aromatic heterocycles. The fourth-order valence-electron chi connectivity index (χ4n) is 2.52. The highest BCUT2D eigenvalue weighted by atomic mass is 15.0. The summed E-state index contributed by atoms with van der Waals surface area (Å²) >= 11 is 0. The van der Waals surface area contributed by atoms with Gasteiger partial charge < -0.3 is 10.3 Å². The summed E-state index contributed by atoms with van der Waals surface area (Å²) in [5.74, 6) is 0.420. The third-order valence-electron chi connectivity index (χ3n) is 3.68. The van der Waals surface area contributed by atoms with E-state index in [0.29, 0.717) is 11.4 Å². The summed E-state index contributed by atoms with van der Waals surface area (Å²) in [7, 11) is 3.60. The lowest BCUT2D eigenvalue weighted by Crippen LogP contribution is -2.28. The lowest BCUT2D eigenvalue weighted by atomic mass is 9.82. The van der Waals surface area contributed by atoms with Crippen LogP contribution in [0, 0.1) is 17.2 Å². The minimum atomic E-state index is -0.0919. The monoisotopic (exact) mass is 281 g/mol. The molecule has 1 aromatic carbocycles. The van der Waals surface area contributed by atoms with Crippen molar-refractivity contribution in [2.45, 2.75) is 12.8 Å². The van der Waals surface area contributed by atoms with Crippen LogP contribution in [0.25, 0.3) is 0 Å². The van der Waals surface area contributed by atoms with Crippen molar-refractivity contribution in [3.8, 4) is 6.07 Å². The molecule has 21 heavy (non-hydrogen) atoms. The Kier molecular flexibility index (Phi) is 4.39. The maximum Gasteiger partial charge on any atom is 0.0994 e. The first-order valence-corrected chi connectivity index (χ1v) is 6.77. The molecule has 5 nitrogen and oxygen atoms in total. The van der Waals surface area contributed by atoms with Crippen LogP contribution < -0.4 is 5.73 Å². The van der Waals surface area contributed by atoms with E-state index in [0.717, 1.165) is 11.3 Å². The molecule has 0 saturated carbocycles. The number of nitrogens with two attached hydrogens (primary N) is 1. The van der Waals surface area contributed by atoms with Crippen molar-refractivity contribution >= 4 is 5.84 Å². The molecule has 5 heteroatoms. The van der Waals surface area contributed by atoms with Crippen molar-refractivity contribution < 1.29 is 0 Å². The number of aryl methyl sites for hydroxylation is 1. The SMILES string of the molecule is CN=C(N)C(C)C(c1cn(C)cn1)c1ccccc1C#N. The molecule has 0 spiro atoms. The first-order chi connectivity index (χ1) is 10.1. The van der Waals surface area contributed by atoms with E-state index in [4.69, 9.17) is 5.73 Å². The molecule has 108 valence electrons. The second-order valence-electron chi connectivity index (χ2n) is 5.08. The predicted molar refractivity (Wildman–Crippen MR) is 82.9 cm³/mol. The molecule has 0 saturated heterocycles. The number of hydrogen-bond acceptors (Lipinski definition) is 3. The Labute approximate surface area is 124 Å². The zero-order chi connectivity index (χ0) is 15.4. The molecule has 0 aliphatic heterocycles. The zero-order valence-corrected chi connectivity index (χ0v) is 12.5. The van der Waals surface area contributed by atoms with E-state index in [1.54, 1.807) is 13.4 Å². The van der Waals surface area contributed by atoms with Crippen LogP contribution in [-0.4, -0.2) is 22.4 Å². The van der Waals surface area contributed by atoms with E-state index in [9.17, 15) is 5.26 Å².